The standard InChI is InChI=1S/C16H17NO/c1-2-5-15(6-3-1)18-16-9-7-14(8-10-16)13-17-11-4-12-17/h1-3,5-10H,4,11-13H2. The monoisotopic (exact) mass is 239 g/mol. The molecule has 2 heteroatoms. The van der Waals surface area contributed by atoms with Gasteiger partial charge in [0.15, 0.2) is 0 Å². The average Bonchev–Trinajstić information content (AvgIpc) is 2.37. The Hall–Kier alpha value is -1.80. The molecule has 0 amide bonds. The number of rotatable bonds is 4. The predicted molar refractivity (Wildman–Crippen MR) is 72.9 cm³/mol. The highest BCUT2D eigenvalue weighted by Gasteiger charge is 2.13. The van der Waals surface area contributed by atoms with Crippen LogP contribution in [-0.2, 0) is 6.54 Å². The normalized spacial score (nSPS) is 15.1. The van der Waals surface area contributed by atoms with Crippen LogP contribution in [0.5, 0.6) is 11.5 Å². The Balaban J connectivity index is 1.63. The third-order valence-corrected chi connectivity index (χ3v) is 3.26. The number of para-hydroxylation sites is 1. The molecule has 0 N–H and O–H groups in total. The van der Waals surface area contributed by atoms with Crippen LogP contribution in [0.4, 0.5) is 0 Å². The van der Waals surface area contributed by atoms with Gasteiger partial charge in [-0.2, -0.15) is 0 Å². The number of hydrogen-bond acceptors (Lipinski definition) is 2. The van der Waals surface area contributed by atoms with Crippen molar-refractivity contribution in [2.75, 3.05) is 13.1 Å². The van der Waals surface area contributed by atoms with Gasteiger partial charge in [-0.3, -0.25) is 4.90 Å². The van der Waals surface area contributed by atoms with E-state index >= 15 is 0 Å². The van der Waals surface area contributed by atoms with Crippen LogP contribution in [0.15, 0.2) is 54.6 Å². The van der Waals surface area contributed by atoms with Gasteiger partial charge in [0.25, 0.3) is 0 Å². The van der Waals surface area contributed by atoms with Crippen LogP contribution in [0.25, 0.3) is 0 Å². The van der Waals surface area contributed by atoms with E-state index in [0.717, 1.165) is 18.0 Å². The smallest absolute Gasteiger partial charge is 0.127 e. The maximum absolute atomic E-state index is 5.77. The lowest BCUT2D eigenvalue weighted by Crippen LogP contribution is -2.36. The third kappa shape index (κ3) is 2.71. The van der Waals surface area contributed by atoms with Crippen molar-refractivity contribution in [1.29, 1.82) is 0 Å². The molecule has 18 heavy (non-hydrogen) atoms. The van der Waals surface area contributed by atoms with Crippen LogP contribution in [-0.4, -0.2) is 18.0 Å². The Kier molecular flexibility index (Phi) is 3.29. The van der Waals surface area contributed by atoms with E-state index in [1.807, 2.05) is 42.5 Å². The summed E-state index contributed by atoms with van der Waals surface area (Å²) >= 11 is 0. The van der Waals surface area contributed by atoms with Crippen molar-refractivity contribution in [2.24, 2.45) is 0 Å². The van der Waals surface area contributed by atoms with Gasteiger partial charge in [-0.25, -0.2) is 0 Å². The van der Waals surface area contributed by atoms with Gasteiger partial charge in [0, 0.05) is 6.54 Å². The summed E-state index contributed by atoms with van der Waals surface area (Å²) in [4.78, 5) is 2.45. The van der Waals surface area contributed by atoms with Crippen LogP contribution < -0.4 is 4.74 Å². The summed E-state index contributed by atoms with van der Waals surface area (Å²) in [6.07, 6.45) is 1.34. The van der Waals surface area contributed by atoms with Crippen LogP contribution in [0, 0.1) is 0 Å². The minimum atomic E-state index is 0.882. The van der Waals surface area contributed by atoms with E-state index in [0.29, 0.717) is 0 Å². The number of nitrogens with zero attached hydrogens (tertiary/aromatic N) is 1. The van der Waals surface area contributed by atoms with Gasteiger partial charge in [-0.05, 0) is 49.3 Å². The maximum atomic E-state index is 5.77. The molecule has 0 radical (unpaired) electrons. The highest BCUT2D eigenvalue weighted by molar-refractivity contribution is 5.32. The lowest BCUT2D eigenvalue weighted by molar-refractivity contribution is 0.172. The van der Waals surface area contributed by atoms with E-state index in [1.54, 1.807) is 0 Å². The fraction of sp³-hybridized carbons (Fsp3) is 0.250. The SMILES string of the molecule is c1ccc(Oc2ccc(CN3CCC3)cc2)cc1. The van der Waals surface area contributed by atoms with Gasteiger partial charge in [0.05, 0.1) is 0 Å². The molecule has 0 aliphatic carbocycles. The number of ether oxygens (including phenoxy) is 1. The zero-order valence-corrected chi connectivity index (χ0v) is 10.4. The first-order valence-electron chi connectivity index (χ1n) is 6.44. The maximum Gasteiger partial charge on any atom is 0.127 e. The molecule has 1 aliphatic heterocycles. The van der Waals surface area contributed by atoms with Crippen molar-refractivity contribution in [3.8, 4) is 11.5 Å². The fourth-order valence-corrected chi connectivity index (χ4v) is 2.09. The molecule has 1 fully saturated rings. The van der Waals surface area contributed by atoms with Gasteiger partial charge < -0.3 is 4.74 Å². The molecule has 92 valence electrons. The van der Waals surface area contributed by atoms with Gasteiger partial charge in [-0.1, -0.05) is 30.3 Å². The Bertz CT molecular complexity index is 488. The largest absolute Gasteiger partial charge is 0.457 e. The molecular weight excluding hydrogens is 222 g/mol. The number of likely N-dealkylation sites (tertiary alicyclic amines) is 1. The van der Waals surface area contributed by atoms with E-state index in [9.17, 15) is 0 Å². The summed E-state index contributed by atoms with van der Waals surface area (Å²) in [6.45, 7) is 3.54. The summed E-state index contributed by atoms with van der Waals surface area (Å²) in [5.41, 5.74) is 1.36. The highest BCUT2D eigenvalue weighted by Crippen LogP contribution is 2.22. The van der Waals surface area contributed by atoms with E-state index in [1.165, 1.54) is 25.1 Å². The molecule has 1 aliphatic rings. The van der Waals surface area contributed by atoms with Crippen LogP contribution in [0.2, 0.25) is 0 Å². The van der Waals surface area contributed by atoms with Crippen LogP contribution in [0.1, 0.15) is 12.0 Å². The van der Waals surface area contributed by atoms with Crippen molar-refractivity contribution < 1.29 is 4.74 Å². The first-order valence-corrected chi connectivity index (χ1v) is 6.44. The second-order valence-electron chi connectivity index (χ2n) is 4.69. The molecule has 1 saturated heterocycles. The first kappa shape index (κ1) is 11.3. The second-order valence-corrected chi connectivity index (χ2v) is 4.69. The zero-order valence-electron chi connectivity index (χ0n) is 10.4. The molecule has 2 aromatic rings. The Morgan fingerprint density at radius 3 is 2.11 bits per heavy atom. The molecule has 0 saturated carbocycles. The van der Waals surface area contributed by atoms with Gasteiger partial charge >= 0.3 is 0 Å². The molecule has 0 unspecified atom stereocenters. The lowest BCUT2D eigenvalue weighted by Gasteiger charge is -2.30. The Morgan fingerprint density at radius 2 is 1.50 bits per heavy atom. The molecular formula is C16H17NO. The molecule has 0 spiro atoms. The molecule has 0 atom stereocenters. The molecule has 0 aromatic heterocycles. The van der Waals surface area contributed by atoms with Crippen LogP contribution >= 0.6 is 0 Å². The summed E-state index contributed by atoms with van der Waals surface area (Å²) in [7, 11) is 0. The van der Waals surface area contributed by atoms with Crippen molar-refractivity contribution in [1.82, 2.24) is 4.90 Å². The van der Waals surface area contributed by atoms with Crippen molar-refractivity contribution in [2.45, 2.75) is 13.0 Å². The van der Waals surface area contributed by atoms with E-state index in [-0.39, 0.29) is 0 Å². The van der Waals surface area contributed by atoms with Crippen molar-refractivity contribution in [3.63, 3.8) is 0 Å². The first-order chi connectivity index (χ1) is 8.90. The molecule has 2 nitrogen and oxygen atoms in total. The highest BCUT2D eigenvalue weighted by atomic mass is 16.5. The topological polar surface area (TPSA) is 12.5 Å². The minimum absolute atomic E-state index is 0.882. The quantitative estimate of drug-likeness (QED) is 0.807. The summed E-state index contributed by atoms with van der Waals surface area (Å²) < 4.78 is 5.77. The van der Waals surface area contributed by atoms with E-state index in [2.05, 4.69) is 17.0 Å². The lowest BCUT2D eigenvalue weighted by atomic mass is 10.1. The van der Waals surface area contributed by atoms with Crippen molar-refractivity contribution >= 4 is 0 Å². The molecule has 2 aromatic carbocycles. The van der Waals surface area contributed by atoms with Crippen molar-refractivity contribution in [3.05, 3.63) is 60.2 Å². The minimum Gasteiger partial charge on any atom is -0.457 e. The van der Waals surface area contributed by atoms with Gasteiger partial charge in [0.2, 0.25) is 0 Å². The fourth-order valence-electron chi connectivity index (χ4n) is 2.09. The van der Waals surface area contributed by atoms with Gasteiger partial charge in [-0.15, -0.1) is 0 Å². The molecule has 3 rings (SSSR count). The number of hydrogen-bond donors (Lipinski definition) is 0. The third-order valence-electron chi connectivity index (χ3n) is 3.26. The van der Waals surface area contributed by atoms with E-state index < -0.39 is 0 Å². The summed E-state index contributed by atoms with van der Waals surface area (Å²) in [6, 6.07) is 18.3. The Morgan fingerprint density at radius 1 is 0.833 bits per heavy atom. The summed E-state index contributed by atoms with van der Waals surface area (Å²) in [5, 5.41) is 0. The van der Waals surface area contributed by atoms with Gasteiger partial charge in [0.1, 0.15) is 11.5 Å². The van der Waals surface area contributed by atoms with Crippen LogP contribution in [0.3, 0.4) is 0 Å². The number of benzene rings is 2. The summed E-state index contributed by atoms with van der Waals surface area (Å²) in [5.74, 6) is 1.78. The molecule has 0 bridgehead atoms. The zero-order chi connectivity index (χ0) is 12.2. The Labute approximate surface area is 108 Å². The van der Waals surface area contributed by atoms with E-state index in [4.69, 9.17) is 4.74 Å². The molecule has 1 heterocycles. The predicted octanol–water partition coefficient (Wildman–Crippen LogP) is 3.68. The second kappa shape index (κ2) is 5.23. The average molecular weight is 239 g/mol.